The summed E-state index contributed by atoms with van der Waals surface area (Å²) in [7, 11) is 1.37. The minimum Gasteiger partial charge on any atom is -0.481 e. The normalized spacial score (nSPS) is 12.8. The molecule has 0 aliphatic rings. The summed E-state index contributed by atoms with van der Waals surface area (Å²) in [5, 5.41) is 8.73. The van der Waals surface area contributed by atoms with Gasteiger partial charge in [0.2, 0.25) is 0 Å². The van der Waals surface area contributed by atoms with E-state index in [-0.39, 0.29) is 12.1 Å². The maximum Gasteiger partial charge on any atom is 0.433 e. The lowest BCUT2D eigenvalue weighted by Crippen LogP contribution is -2.33. The molecule has 0 saturated carbocycles. The van der Waals surface area contributed by atoms with Gasteiger partial charge in [-0.3, -0.25) is 14.6 Å². The van der Waals surface area contributed by atoms with Crippen LogP contribution in [0.25, 0.3) is 0 Å². The van der Waals surface area contributed by atoms with E-state index in [4.69, 9.17) is 5.11 Å². The van der Waals surface area contributed by atoms with Crippen molar-refractivity contribution >= 4 is 11.9 Å². The third kappa shape index (κ3) is 3.94. The van der Waals surface area contributed by atoms with Crippen molar-refractivity contribution in [3.63, 3.8) is 0 Å². The highest BCUT2D eigenvalue weighted by atomic mass is 19.4. The molecule has 0 aromatic carbocycles. The van der Waals surface area contributed by atoms with Gasteiger partial charge in [0.1, 0.15) is 5.69 Å². The Hall–Kier alpha value is -2.12. The molecule has 0 spiro atoms. The van der Waals surface area contributed by atoms with Crippen molar-refractivity contribution in [2.75, 3.05) is 13.6 Å². The Morgan fingerprint density at radius 3 is 2.40 bits per heavy atom. The smallest absolute Gasteiger partial charge is 0.433 e. The molecule has 8 heteroatoms. The van der Waals surface area contributed by atoms with E-state index in [1.165, 1.54) is 14.0 Å². The molecule has 0 bridgehead atoms. The number of carbonyl (C=O) groups excluding carboxylic acids is 1. The minimum absolute atomic E-state index is 0.0295. The molecule has 1 N–H and O–H groups in total. The Morgan fingerprint density at radius 2 is 2.00 bits per heavy atom. The molecule has 1 unspecified atom stereocenters. The molecule has 110 valence electrons. The first kappa shape index (κ1) is 15.9. The van der Waals surface area contributed by atoms with E-state index in [2.05, 4.69) is 4.98 Å². The molecule has 5 nitrogen and oxygen atoms in total. The van der Waals surface area contributed by atoms with Crippen molar-refractivity contribution in [1.82, 2.24) is 9.88 Å². The van der Waals surface area contributed by atoms with Gasteiger partial charge in [0.15, 0.2) is 0 Å². The number of carboxylic acids is 1. The molecule has 20 heavy (non-hydrogen) atoms. The number of amides is 1. The van der Waals surface area contributed by atoms with Crippen LogP contribution in [0, 0.1) is 5.92 Å². The largest absolute Gasteiger partial charge is 0.481 e. The summed E-state index contributed by atoms with van der Waals surface area (Å²) in [5.74, 6) is -2.42. The first-order valence-corrected chi connectivity index (χ1v) is 5.64. The Bertz CT molecular complexity index is 500. The number of rotatable bonds is 4. The topological polar surface area (TPSA) is 70.5 Å². The maximum atomic E-state index is 12.3. The van der Waals surface area contributed by atoms with Crippen molar-refractivity contribution in [3.8, 4) is 0 Å². The number of nitrogens with zero attached hydrogens (tertiary/aromatic N) is 2. The molecule has 0 saturated heterocycles. The fourth-order valence-corrected chi connectivity index (χ4v) is 1.48. The Kier molecular flexibility index (Phi) is 4.69. The first-order chi connectivity index (χ1) is 9.12. The first-order valence-electron chi connectivity index (χ1n) is 5.64. The number of halogens is 3. The summed E-state index contributed by atoms with van der Waals surface area (Å²) in [6.07, 6.45) is -3.74. The van der Waals surface area contributed by atoms with Crippen molar-refractivity contribution in [1.29, 1.82) is 0 Å². The van der Waals surface area contributed by atoms with Crippen LogP contribution >= 0.6 is 0 Å². The van der Waals surface area contributed by atoms with Gasteiger partial charge in [-0.2, -0.15) is 13.2 Å². The lowest BCUT2D eigenvalue weighted by Gasteiger charge is -2.19. The number of aromatic nitrogens is 1. The number of aliphatic carboxylic acids is 1. The van der Waals surface area contributed by atoms with Gasteiger partial charge in [-0.05, 0) is 12.1 Å². The minimum atomic E-state index is -4.56. The number of pyridine rings is 1. The maximum absolute atomic E-state index is 12.3. The molecular formula is C12H13F3N2O3. The summed E-state index contributed by atoms with van der Waals surface area (Å²) in [6, 6.07) is 1.72. The van der Waals surface area contributed by atoms with E-state index < -0.39 is 29.7 Å². The third-order valence-corrected chi connectivity index (χ3v) is 2.62. The summed E-state index contributed by atoms with van der Waals surface area (Å²) < 4.78 is 37.0. The SMILES string of the molecule is CC(CN(C)C(=O)c1ccc(C(F)(F)F)nc1)C(=O)O. The quantitative estimate of drug-likeness (QED) is 0.919. The van der Waals surface area contributed by atoms with Crippen molar-refractivity contribution in [3.05, 3.63) is 29.6 Å². The predicted octanol–water partition coefficient (Wildman–Crippen LogP) is 1.89. The van der Waals surface area contributed by atoms with E-state index in [0.29, 0.717) is 6.07 Å². The molecule has 1 atom stereocenters. The average molecular weight is 290 g/mol. The van der Waals surface area contributed by atoms with Crippen LogP contribution in [-0.4, -0.2) is 40.5 Å². The van der Waals surface area contributed by atoms with E-state index >= 15 is 0 Å². The highest BCUT2D eigenvalue weighted by molar-refractivity contribution is 5.94. The van der Waals surface area contributed by atoms with Crippen molar-refractivity contribution < 1.29 is 27.9 Å². The second kappa shape index (κ2) is 5.89. The van der Waals surface area contributed by atoms with E-state index in [1.54, 1.807) is 0 Å². The van der Waals surface area contributed by atoms with Crippen LogP contribution in [0.15, 0.2) is 18.3 Å². The third-order valence-electron chi connectivity index (χ3n) is 2.62. The van der Waals surface area contributed by atoms with E-state index in [9.17, 15) is 22.8 Å². The lowest BCUT2D eigenvalue weighted by atomic mass is 10.1. The van der Waals surface area contributed by atoms with Gasteiger partial charge >= 0.3 is 12.1 Å². The van der Waals surface area contributed by atoms with Crippen molar-refractivity contribution in [2.24, 2.45) is 5.92 Å². The number of carbonyl (C=O) groups is 2. The van der Waals surface area contributed by atoms with Gasteiger partial charge in [-0.25, -0.2) is 0 Å². The molecular weight excluding hydrogens is 277 g/mol. The number of alkyl halides is 3. The molecule has 1 aromatic heterocycles. The van der Waals surface area contributed by atoms with Gasteiger partial charge in [-0.1, -0.05) is 6.92 Å². The lowest BCUT2D eigenvalue weighted by molar-refractivity contribution is -0.142. The monoisotopic (exact) mass is 290 g/mol. The van der Waals surface area contributed by atoms with Crippen LogP contribution in [0.3, 0.4) is 0 Å². The molecule has 1 rings (SSSR count). The van der Waals surface area contributed by atoms with Gasteiger partial charge < -0.3 is 10.0 Å². The summed E-state index contributed by atoms with van der Waals surface area (Å²) in [6.45, 7) is 1.38. The van der Waals surface area contributed by atoms with Gasteiger partial charge in [-0.15, -0.1) is 0 Å². The molecule has 0 radical (unpaired) electrons. The van der Waals surface area contributed by atoms with Crippen LogP contribution in [0.2, 0.25) is 0 Å². The Balaban J connectivity index is 2.80. The Morgan fingerprint density at radius 1 is 1.40 bits per heavy atom. The van der Waals surface area contributed by atoms with Gasteiger partial charge in [0.25, 0.3) is 5.91 Å². The summed E-state index contributed by atoms with van der Waals surface area (Å²) in [5.41, 5.74) is -1.12. The fourth-order valence-electron chi connectivity index (χ4n) is 1.48. The zero-order valence-corrected chi connectivity index (χ0v) is 10.8. The molecule has 1 aromatic rings. The molecule has 0 fully saturated rings. The number of hydrogen-bond donors (Lipinski definition) is 1. The van der Waals surface area contributed by atoms with Crippen LogP contribution in [-0.2, 0) is 11.0 Å². The molecule has 1 amide bonds. The number of hydrogen-bond acceptors (Lipinski definition) is 3. The fraction of sp³-hybridized carbons (Fsp3) is 0.417. The van der Waals surface area contributed by atoms with E-state index in [1.807, 2.05) is 0 Å². The van der Waals surface area contributed by atoms with Crippen LogP contribution in [0.5, 0.6) is 0 Å². The second-order valence-electron chi connectivity index (χ2n) is 4.35. The van der Waals surface area contributed by atoms with Crippen LogP contribution < -0.4 is 0 Å². The average Bonchev–Trinajstić information content (AvgIpc) is 2.36. The Labute approximate surface area is 113 Å². The predicted molar refractivity (Wildman–Crippen MR) is 63.0 cm³/mol. The van der Waals surface area contributed by atoms with Crippen molar-refractivity contribution in [2.45, 2.75) is 13.1 Å². The molecule has 0 aliphatic carbocycles. The molecule has 1 heterocycles. The summed E-state index contributed by atoms with van der Waals surface area (Å²) >= 11 is 0. The van der Waals surface area contributed by atoms with Crippen LogP contribution in [0.1, 0.15) is 23.0 Å². The number of carboxylic acid groups (broad SMARTS) is 1. The zero-order chi connectivity index (χ0) is 15.5. The molecule has 0 aliphatic heterocycles. The van der Waals surface area contributed by atoms with E-state index in [0.717, 1.165) is 17.2 Å². The standard InChI is InChI=1S/C12H13F3N2O3/c1-7(11(19)20)6-17(2)10(18)8-3-4-9(16-5-8)12(13,14)15/h3-5,7H,6H2,1-2H3,(H,19,20). The zero-order valence-electron chi connectivity index (χ0n) is 10.8. The highest BCUT2D eigenvalue weighted by Gasteiger charge is 2.32. The van der Waals surface area contributed by atoms with Gasteiger partial charge in [0.05, 0.1) is 11.5 Å². The highest BCUT2D eigenvalue weighted by Crippen LogP contribution is 2.27. The van der Waals surface area contributed by atoms with Crippen LogP contribution in [0.4, 0.5) is 13.2 Å². The van der Waals surface area contributed by atoms with Gasteiger partial charge in [0, 0.05) is 19.8 Å². The second-order valence-corrected chi connectivity index (χ2v) is 4.35. The summed E-state index contributed by atoms with van der Waals surface area (Å²) in [4.78, 5) is 26.9.